The zero-order valence-corrected chi connectivity index (χ0v) is 24.7. The zero-order chi connectivity index (χ0) is 31.1. The molecule has 1 fully saturated rings. The third-order valence-corrected chi connectivity index (χ3v) is 9.99. The lowest BCUT2D eigenvalue weighted by Gasteiger charge is -2.50. The third kappa shape index (κ3) is 6.12. The van der Waals surface area contributed by atoms with Crippen molar-refractivity contribution in [2.45, 2.75) is 30.1 Å². The van der Waals surface area contributed by atoms with Gasteiger partial charge in [-0.05, 0) is 60.5 Å². The maximum Gasteiger partial charge on any atom is 0.416 e. The average molecular weight is 640 g/mol. The topological polar surface area (TPSA) is 84.3 Å². The number of hydrogen-bond donors (Lipinski definition) is 2. The standard InChI is InChI=1S/C30H30ClF4N3O4S/c1-19(29-25(31)6-3-7-26(29)32)12-20-8-9-27-28(13-20)38(16-22-15-36(10-11-37(22)27)23(17-39)18-40)43(41,42)24-5-2-4-21(14-24)30(33,34)35/h2-9,12-14,22-23,39-40H,10-11,15-18H2,1H3/b19-12+/t22-/m0/s1. The van der Waals surface area contributed by atoms with Crippen LogP contribution in [0.15, 0.2) is 65.6 Å². The maximum absolute atomic E-state index is 14.6. The van der Waals surface area contributed by atoms with E-state index in [1.54, 1.807) is 37.3 Å². The summed E-state index contributed by atoms with van der Waals surface area (Å²) in [6, 6.07) is 12.1. The first-order valence-electron chi connectivity index (χ1n) is 13.5. The molecule has 0 saturated carbocycles. The second-order valence-electron chi connectivity index (χ2n) is 10.6. The van der Waals surface area contributed by atoms with E-state index in [4.69, 9.17) is 11.6 Å². The van der Waals surface area contributed by atoms with Crippen LogP contribution in [0.25, 0.3) is 11.6 Å². The van der Waals surface area contributed by atoms with E-state index in [-0.39, 0.29) is 36.0 Å². The van der Waals surface area contributed by atoms with E-state index in [1.165, 1.54) is 12.1 Å². The average Bonchev–Trinajstić information content (AvgIpc) is 2.96. The van der Waals surface area contributed by atoms with Gasteiger partial charge in [-0.1, -0.05) is 35.9 Å². The molecule has 1 atom stereocenters. The Balaban J connectivity index is 1.61. The molecule has 0 amide bonds. The lowest BCUT2D eigenvalue weighted by atomic mass is 10.0. The van der Waals surface area contributed by atoms with Crippen LogP contribution in [0.2, 0.25) is 5.02 Å². The molecule has 2 aliphatic rings. The fraction of sp³-hybridized carbons (Fsp3) is 0.333. The van der Waals surface area contributed by atoms with E-state index in [2.05, 4.69) is 0 Å². The smallest absolute Gasteiger partial charge is 0.395 e. The molecule has 2 heterocycles. The van der Waals surface area contributed by atoms with Gasteiger partial charge in [-0.25, -0.2) is 12.8 Å². The van der Waals surface area contributed by atoms with Gasteiger partial charge in [-0.3, -0.25) is 9.21 Å². The molecule has 43 heavy (non-hydrogen) atoms. The molecule has 5 rings (SSSR count). The highest BCUT2D eigenvalue weighted by Crippen LogP contribution is 2.42. The predicted molar refractivity (Wildman–Crippen MR) is 158 cm³/mol. The first-order valence-corrected chi connectivity index (χ1v) is 15.4. The van der Waals surface area contributed by atoms with Crippen molar-refractivity contribution < 1.29 is 36.2 Å². The van der Waals surface area contributed by atoms with Crippen LogP contribution in [0.4, 0.5) is 28.9 Å². The number of rotatable bonds is 7. The van der Waals surface area contributed by atoms with E-state index in [1.807, 2.05) is 9.80 Å². The summed E-state index contributed by atoms with van der Waals surface area (Å²) in [7, 11) is -4.48. The molecule has 0 spiro atoms. The molecular weight excluding hydrogens is 610 g/mol. The van der Waals surface area contributed by atoms with Crippen molar-refractivity contribution in [1.82, 2.24) is 4.90 Å². The molecule has 0 bridgehead atoms. The van der Waals surface area contributed by atoms with Crippen molar-refractivity contribution in [3.63, 3.8) is 0 Å². The molecule has 13 heteroatoms. The molecule has 2 aliphatic heterocycles. The van der Waals surface area contributed by atoms with Gasteiger partial charge in [0.25, 0.3) is 10.0 Å². The van der Waals surface area contributed by atoms with Gasteiger partial charge in [0, 0.05) is 25.2 Å². The first kappa shape index (κ1) is 31.3. The zero-order valence-electron chi connectivity index (χ0n) is 23.1. The Kier molecular flexibility index (Phi) is 8.79. The van der Waals surface area contributed by atoms with Gasteiger partial charge in [0.2, 0.25) is 0 Å². The lowest BCUT2D eigenvalue weighted by molar-refractivity contribution is -0.137. The number of piperazine rings is 1. The summed E-state index contributed by atoms with van der Waals surface area (Å²) in [5, 5.41) is 19.7. The number of fused-ring (bicyclic) bond motifs is 3. The number of alkyl halides is 3. The Hall–Kier alpha value is -3.16. The molecule has 230 valence electrons. The quantitative estimate of drug-likeness (QED) is 0.276. The highest BCUT2D eigenvalue weighted by Gasteiger charge is 2.41. The molecule has 7 nitrogen and oxygen atoms in total. The van der Waals surface area contributed by atoms with Gasteiger partial charge < -0.3 is 15.1 Å². The second kappa shape index (κ2) is 12.1. The number of anilines is 2. The van der Waals surface area contributed by atoms with Crippen molar-refractivity contribution in [3.05, 3.63) is 88.2 Å². The number of benzene rings is 3. The first-order chi connectivity index (χ1) is 20.3. The Morgan fingerprint density at radius 2 is 1.74 bits per heavy atom. The summed E-state index contributed by atoms with van der Waals surface area (Å²) < 4.78 is 84.3. The molecule has 0 radical (unpaired) electrons. The summed E-state index contributed by atoms with van der Waals surface area (Å²) in [5.74, 6) is -0.516. The Morgan fingerprint density at radius 1 is 1.02 bits per heavy atom. The summed E-state index contributed by atoms with van der Waals surface area (Å²) in [6.45, 7) is 2.29. The van der Waals surface area contributed by atoms with E-state index < -0.39 is 44.6 Å². The van der Waals surface area contributed by atoms with Crippen LogP contribution < -0.4 is 9.21 Å². The van der Waals surface area contributed by atoms with Gasteiger partial charge in [0.15, 0.2) is 0 Å². The predicted octanol–water partition coefficient (Wildman–Crippen LogP) is 5.11. The molecule has 1 saturated heterocycles. The Morgan fingerprint density at radius 3 is 2.42 bits per heavy atom. The molecule has 0 aliphatic carbocycles. The van der Waals surface area contributed by atoms with Crippen LogP contribution in [-0.2, 0) is 16.2 Å². The van der Waals surface area contributed by atoms with Gasteiger partial charge in [-0.2, -0.15) is 13.2 Å². The molecule has 3 aromatic carbocycles. The van der Waals surface area contributed by atoms with Gasteiger partial charge in [-0.15, -0.1) is 0 Å². The fourth-order valence-corrected chi connectivity index (χ4v) is 7.59. The number of sulfonamides is 1. The Bertz CT molecular complexity index is 1630. The number of allylic oxidation sites excluding steroid dienone is 1. The Labute approximate surface area is 252 Å². The number of nitrogens with zero attached hydrogens (tertiary/aromatic N) is 3. The van der Waals surface area contributed by atoms with Gasteiger partial charge in [0.05, 0.1) is 58.7 Å². The number of hydrogen-bond acceptors (Lipinski definition) is 6. The molecule has 2 N–H and O–H groups in total. The molecule has 0 unspecified atom stereocenters. The van der Waals surface area contributed by atoms with E-state index >= 15 is 0 Å². The van der Waals surface area contributed by atoms with Crippen LogP contribution >= 0.6 is 11.6 Å². The lowest BCUT2D eigenvalue weighted by Crippen LogP contribution is -2.63. The maximum atomic E-state index is 14.6. The summed E-state index contributed by atoms with van der Waals surface area (Å²) in [6.07, 6.45) is -3.07. The third-order valence-electron chi connectivity index (χ3n) is 7.90. The van der Waals surface area contributed by atoms with Crippen molar-refractivity contribution in [2.24, 2.45) is 0 Å². The normalized spacial score (nSPS) is 18.2. The van der Waals surface area contributed by atoms with Gasteiger partial charge in [0.1, 0.15) is 5.82 Å². The van der Waals surface area contributed by atoms with Crippen LogP contribution in [0, 0.1) is 5.82 Å². The summed E-state index contributed by atoms with van der Waals surface area (Å²) in [4.78, 5) is 3.40. The van der Waals surface area contributed by atoms with Crippen LogP contribution in [0.5, 0.6) is 0 Å². The van der Waals surface area contributed by atoms with Crippen molar-refractivity contribution in [1.29, 1.82) is 0 Å². The van der Waals surface area contributed by atoms with Gasteiger partial charge >= 0.3 is 6.18 Å². The van der Waals surface area contributed by atoms with Crippen LogP contribution in [0.1, 0.15) is 23.6 Å². The molecule has 0 aromatic heterocycles. The highest BCUT2D eigenvalue weighted by atomic mass is 35.5. The van der Waals surface area contributed by atoms with E-state index in [0.29, 0.717) is 42.5 Å². The number of halogens is 5. The number of aliphatic hydroxyl groups excluding tert-OH is 2. The van der Waals surface area contributed by atoms with E-state index in [0.717, 1.165) is 22.5 Å². The SMILES string of the molecule is C/C(=C\c1ccc2c(c1)N(S(=O)(=O)c1cccc(C(F)(F)F)c1)C[C@@H]1CN(C(CO)CO)CCN21)c1c(F)cccc1Cl. The summed E-state index contributed by atoms with van der Waals surface area (Å²) >= 11 is 6.24. The largest absolute Gasteiger partial charge is 0.416 e. The highest BCUT2D eigenvalue weighted by molar-refractivity contribution is 7.92. The van der Waals surface area contributed by atoms with E-state index in [9.17, 15) is 36.2 Å². The van der Waals surface area contributed by atoms with Crippen molar-refractivity contribution in [3.8, 4) is 0 Å². The fourth-order valence-electron chi connectivity index (χ4n) is 5.72. The number of aliphatic hydroxyl groups is 2. The van der Waals surface area contributed by atoms with Crippen molar-refractivity contribution >= 4 is 44.6 Å². The van der Waals surface area contributed by atoms with Crippen LogP contribution in [0.3, 0.4) is 0 Å². The monoisotopic (exact) mass is 639 g/mol. The van der Waals surface area contributed by atoms with Crippen LogP contribution in [-0.4, -0.2) is 75.0 Å². The minimum absolute atomic E-state index is 0.0864. The minimum Gasteiger partial charge on any atom is -0.395 e. The minimum atomic E-state index is -4.74. The molecular formula is C30H30ClF4N3O4S. The summed E-state index contributed by atoms with van der Waals surface area (Å²) in [5.41, 5.74) is 0.987. The van der Waals surface area contributed by atoms with Crippen molar-refractivity contribution in [2.75, 3.05) is 48.6 Å². The molecule has 3 aromatic rings. The second-order valence-corrected chi connectivity index (χ2v) is 12.9.